The lowest BCUT2D eigenvalue weighted by Gasteiger charge is -2.42. The first-order valence-electron chi connectivity index (χ1n) is 9.61. The fourth-order valence-electron chi connectivity index (χ4n) is 4.24. The lowest BCUT2D eigenvalue weighted by atomic mass is 9.78. The Balaban J connectivity index is 1.81. The zero-order valence-electron chi connectivity index (χ0n) is 16.0. The molecule has 1 heterocycles. The number of hydrogen-bond acceptors (Lipinski definition) is 2. The Morgan fingerprint density at radius 3 is 2.48 bits per heavy atom. The average molecular weight is 338 g/mol. The third kappa shape index (κ3) is 4.07. The summed E-state index contributed by atoms with van der Waals surface area (Å²) in [5, 5.41) is 3.83. The summed E-state index contributed by atoms with van der Waals surface area (Å²) in [4.78, 5) is 0. The lowest BCUT2D eigenvalue weighted by molar-refractivity contribution is 0.0385. The Labute approximate surface area is 152 Å². The number of nitrogens with one attached hydrogen (secondary N) is 1. The molecule has 2 aromatic rings. The molecule has 0 aromatic heterocycles. The number of ether oxygens (including phenoxy) is 1. The maximum Gasteiger partial charge on any atom is 0.123 e. The van der Waals surface area contributed by atoms with E-state index in [1.54, 1.807) is 0 Å². The summed E-state index contributed by atoms with van der Waals surface area (Å²) < 4.78 is 6.40. The van der Waals surface area contributed by atoms with Crippen molar-refractivity contribution in [1.82, 2.24) is 5.32 Å². The van der Waals surface area contributed by atoms with Gasteiger partial charge in [0.05, 0.1) is 0 Å². The van der Waals surface area contributed by atoms with Crippen molar-refractivity contribution >= 4 is 0 Å². The molecule has 3 unspecified atom stereocenters. The van der Waals surface area contributed by atoms with Crippen LogP contribution in [-0.2, 0) is 0 Å². The van der Waals surface area contributed by atoms with Crippen molar-refractivity contribution in [3.8, 4) is 5.75 Å². The van der Waals surface area contributed by atoms with Crippen LogP contribution in [0.15, 0.2) is 54.6 Å². The molecule has 2 heteroatoms. The quantitative estimate of drug-likeness (QED) is 0.714. The maximum absolute atomic E-state index is 6.40. The minimum Gasteiger partial charge on any atom is -0.487 e. The van der Waals surface area contributed by atoms with E-state index >= 15 is 0 Å². The minimum absolute atomic E-state index is 0.0697. The maximum atomic E-state index is 6.40. The van der Waals surface area contributed by atoms with Crippen LogP contribution in [-0.4, -0.2) is 11.6 Å². The fourth-order valence-corrected chi connectivity index (χ4v) is 4.24. The van der Waals surface area contributed by atoms with E-state index in [2.05, 4.69) is 87.6 Å². The summed E-state index contributed by atoms with van der Waals surface area (Å²) >= 11 is 0. The third-order valence-electron chi connectivity index (χ3n) is 5.52. The Kier molecular flexibility index (Phi) is 5.48. The van der Waals surface area contributed by atoms with Crippen LogP contribution in [0.4, 0.5) is 0 Å². The zero-order valence-corrected chi connectivity index (χ0v) is 16.0. The molecule has 1 aliphatic heterocycles. The highest BCUT2D eigenvalue weighted by molar-refractivity contribution is 5.40. The second-order valence-electron chi connectivity index (χ2n) is 7.74. The number of para-hydroxylation sites is 1. The van der Waals surface area contributed by atoms with Gasteiger partial charge in [-0.1, -0.05) is 61.9 Å². The fraction of sp³-hybridized carbons (Fsp3) is 0.478. The third-order valence-corrected chi connectivity index (χ3v) is 5.52. The molecule has 0 fully saturated rings. The molecule has 0 spiro atoms. The summed E-state index contributed by atoms with van der Waals surface area (Å²) in [5.41, 5.74) is 2.61. The van der Waals surface area contributed by atoms with Crippen molar-refractivity contribution < 1.29 is 4.74 Å². The van der Waals surface area contributed by atoms with Gasteiger partial charge in [0.2, 0.25) is 0 Å². The molecule has 0 radical (unpaired) electrons. The predicted octanol–water partition coefficient (Wildman–Crippen LogP) is 5.85. The molecule has 1 N–H and O–H groups in total. The first kappa shape index (κ1) is 18.0. The van der Waals surface area contributed by atoms with Crippen molar-refractivity contribution in [2.45, 2.75) is 70.6 Å². The van der Waals surface area contributed by atoms with Crippen LogP contribution in [0.25, 0.3) is 0 Å². The smallest absolute Gasteiger partial charge is 0.123 e. The molecule has 25 heavy (non-hydrogen) atoms. The summed E-state index contributed by atoms with van der Waals surface area (Å²) in [7, 11) is 0. The summed E-state index contributed by atoms with van der Waals surface area (Å²) in [5.74, 6) is 1.53. The zero-order chi connectivity index (χ0) is 17.9. The Morgan fingerprint density at radius 2 is 1.76 bits per heavy atom. The van der Waals surface area contributed by atoms with Crippen LogP contribution < -0.4 is 10.1 Å². The van der Waals surface area contributed by atoms with Crippen LogP contribution in [0.1, 0.15) is 70.0 Å². The Hall–Kier alpha value is -1.80. The molecular formula is C23H31NO. The first-order chi connectivity index (χ1) is 12.0. The van der Waals surface area contributed by atoms with E-state index in [1.807, 2.05) is 0 Å². The van der Waals surface area contributed by atoms with Crippen molar-refractivity contribution in [1.29, 1.82) is 0 Å². The second kappa shape index (κ2) is 7.61. The molecule has 4 atom stereocenters. The number of benzene rings is 2. The highest BCUT2D eigenvalue weighted by Gasteiger charge is 2.38. The van der Waals surface area contributed by atoms with E-state index in [1.165, 1.54) is 11.1 Å². The van der Waals surface area contributed by atoms with Gasteiger partial charge in [-0.25, -0.2) is 0 Å². The van der Waals surface area contributed by atoms with Crippen molar-refractivity contribution in [2.24, 2.45) is 0 Å². The van der Waals surface area contributed by atoms with Gasteiger partial charge in [-0.2, -0.15) is 0 Å². The molecule has 3 rings (SSSR count). The molecule has 0 bridgehead atoms. The van der Waals surface area contributed by atoms with Crippen LogP contribution >= 0.6 is 0 Å². The molecule has 0 saturated carbocycles. The topological polar surface area (TPSA) is 21.3 Å². The average Bonchev–Trinajstić information content (AvgIpc) is 2.61. The van der Waals surface area contributed by atoms with Crippen molar-refractivity contribution in [2.75, 3.05) is 0 Å². The van der Waals surface area contributed by atoms with E-state index in [0.717, 1.165) is 25.0 Å². The van der Waals surface area contributed by atoms with Crippen LogP contribution in [0.3, 0.4) is 0 Å². The monoisotopic (exact) mass is 337 g/mol. The number of rotatable bonds is 6. The molecule has 0 saturated heterocycles. The highest BCUT2D eigenvalue weighted by Crippen LogP contribution is 2.44. The molecule has 134 valence electrons. The van der Waals surface area contributed by atoms with Gasteiger partial charge < -0.3 is 10.1 Å². The van der Waals surface area contributed by atoms with Gasteiger partial charge in [-0.05, 0) is 50.8 Å². The number of fused-ring (bicyclic) bond motifs is 1. The molecule has 2 aromatic carbocycles. The van der Waals surface area contributed by atoms with E-state index in [-0.39, 0.29) is 5.60 Å². The Bertz CT molecular complexity index is 684. The van der Waals surface area contributed by atoms with Crippen LogP contribution in [0.5, 0.6) is 5.75 Å². The van der Waals surface area contributed by atoms with E-state index in [4.69, 9.17) is 4.74 Å². The normalized spacial score (nSPS) is 24.9. The molecule has 1 aliphatic rings. The van der Waals surface area contributed by atoms with E-state index in [9.17, 15) is 0 Å². The standard InChI is InChI=1S/C23H31NO/c1-5-15-23(4)16-21(20-13-9-10-14-22(20)25-23)18(3)24-17(2)19-11-7-6-8-12-19/h6-14,17-18,21,24H,5,15-16H2,1-4H3/t17?,18?,21-,23?/m0/s1. The SMILES string of the molecule is CCCC1(C)C[C@@H](C(C)NC(C)c2ccccc2)c2ccccc2O1. The minimum atomic E-state index is -0.0697. The van der Waals surface area contributed by atoms with Gasteiger partial charge in [0.1, 0.15) is 11.4 Å². The van der Waals surface area contributed by atoms with Gasteiger partial charge in [-0.15, -0.1) is 0 Å². The van der Waals surface area contributed by atoms with Gasteiger partial charge in [-0.3, -0.25) is 0 Å². The summed E-state index contributed by atoms with van der Waals surface area (Å²) in [6.45, 7) is 9.08. The van der Waals surface area contributed by atoms with Gasteiger partial charge in [0, 0.05) is 18.0 Å². The van der Waals surface area contributed by atoms with Crippen molar-refractivity contribution in [3.05, 3.63) is 65.7 Å². The molecule has 2 nitrogen and oxygen atoms in total. The van der Waals surface area contributed by atoms with Gasteiger partial charge >= 0.3 is 0 Å². The number of hydrogen-bond donors (Lipinski definition) is 1. The lowest BCUT2D eigenvalue weighted by Crippen LogP contribution is -2.44. The van der Waals surface area contributed by atoms with E-state index < -0.39 is 0 Å². The van der Waals surface area contributed by atoms with Crippen LogP contribution in [0.2, 0.25) is 0 Å². The highest BCUT2D eigenvalue weighted by atomic mass is 16.5. The largest absolute Gasteiger partial charge is 0.487 e. The molecule has 0 aliphatic carbocycles. The first-order valence-corrected chi connectivity index (χ1v) is 9.61. The second-order valence-corrected chi connectivity index (χ2v) is 7.74. The van der Waals surface area contributed by atoms with Gasteiger partial charge in [0.25, 0.3) is 0 Å². The van der Waals surface area contributed by atoms with E-state index in [0.29, 0.717) is 18.0 Å². The predicted molar refractivity (Wildman–Crippen MR) is 105 cm³/mol. The van der Waals surface area contributed by atoms with Crippen LogP contribution in [0, 0.1) is 0 Å². The summed E-state index contributed by atoms with van der Waals surface area (Å²) in [6, 6.07) is 20.0. The molecular weight excluding hydrogens is 306 g/mol. The Morgan fingerprint density at radius 1 is 1.08 bits per heavy atom. The molecule has 0 amide bonds. The van der Waals surface area contributed by atoms with Gasteiger partial charge in [0.15, 0.2) is 0 Å². The van der Waals surface area contributed by atoms with Crippen molar-refractivity contribution in [3.63, 3.8) is 0 Å². The summed E-state index contributed by atoms with van der Waals surface area (Å²) in [6.07, 6.45) is 3.31.